The highest BCUT2D eigenvalue weighted by Crippen LogP contribution is 2.55. The predicted molar refractivity (Wildman–Crippen MR) is 311 cm³/mol. The second-order valence-electron chi connectivity index (χ2n) is 23.2. The van der Waals surface area contributed by atoms with Crippen LogP contribution in [0.15, 0.2) is 173 Å². The highest BCUT2D eigenvalue weighted by molar-refractivity contribution is 6.08. The van der Waals surface area contributed by atoms with E-state index in [9.17, 15) is 0 Å². The molecule has 75 heavy (non-hydrogen) atoms. The molecular formula is C67H68N5O3+. The zero-order valence-corrected chi connectivity index (χ0v) is 45.0. The number of rotatable bonds is 7. The third-order valence-corrected chi connectivity index (χ3v) is 18.0. The van der Waals surface area contributed by atoms with E-state index in [0.717, 1.165) is 84.8 Å². The molecule has 0 saturated carbocycles. The minimum atomic E-state index is -0.864. The molecule has 1 aliphatic carbocycles. The number of methoxy groups -OCH3 is 1. The molecule has 1 spiro atoms. The summed E-state index contributed by atoms with van der Waals surface area (Å²) in [6.07, 6.45) is 16.4. The molecule has 8 nitrogen and oxygen atoms in total. The van der Waals surface area contributed by atoms with E-state index < -0.39 is 11.1 Å². The monoisotopic (exact) mass is 991 g/mol. The van der Waals surface area contributed by atoms with Gasteiger partial charge in [-0.25, -0.2) is 0 Å². The van der Waals surface area contributed by atoms with Crippen molar-refractivity contribution >= 4 is 72.7 Å². The summed E-state index contributed by atoms with van der Waals surface area (Å²) in [5, 5.41) is 11.2. The molecule has 1 N–H and O–H groups in total. The van der Waals surface area contributed by atoms with Gasteiger partial charge in [0.05, 0.1) is 24.2 Å². The predicted octanol–water partition coefficient (Wildman–Crippen LogP) is 15.3. The Bertz CT molecular complexity index is 3750. The first kappa shape index (κ1) is 47.2. The first-order valence-electron chi connectivity index (χ1n) is 27.1. The molecule has 0 bridgehead atoms. The Kier molecular flexibility index (Phi) is 10.8. The molecule has 13 rings (SSSR count). The highest BCUT2D eigenvalue weighted by Gasteiger charge is 2.55. The van der Waals surface area contributed by atoms with Gasteiger partial charge in [-0.3, -0.25) is 4.99 Å². The Morgan fingerprint density at radius 1 is 0.720 bits per heavy atom. The van der Waals surface area contributed by atoms with Crippen LogP contribution in [-0.2, 0) is 21.0 Å². The minimum absolute atomic E-state index is 0.0517. The van der Waals surface area contributed by atoms with Crippen LogP contribution in [0.3, 0.4) is 0 Å². The summed E-state index contributed by atoms with van der Waals surface area (Å²) in [5.41, 5.74) is 13.0. The van der Waals surface area contributed by atoms with Gasteiger partial charge in [-0.1, -0.05) is 98.8 Å². The largest absolute Gasteiger partial charge is 0.497 e. The molecule has 8 heteroatoms. The van der Waals surface area contributed by atoms with Crippen molar-refractivity contribution in [2.24, 2.45) is 4.99 Å². The number of hydrogen-bond donors (Lipinski definition) is 1. The zero-order valence-electron chi connectivity index (χ0n) is 45.0. The third-order valence-electron chi connectivity index (χ3n) is 18.0. The number of likely N-dealkylation sites (N-methyl/N-ethyl adjacent to an activating group) is 1. The Hall–Kier alpha value is -7.58. The number of nitrogens with zero attached hydrogens (tertiary/aromatic N) is 4. The van der Waals surface area contributed by atoms with Crippen LogP contribution in [0.25, 0.3) is 32.3 Å². The van der Waals surface area contributed by atoms with E-state index in [1.807, 2.05) is 12.3 Å². The summed E-state index contributed by atoms with van der Waals surface area (Å²) in [6.45, 7) is 15.7. The molecule has 7 aromatic carbocycles. The maximum Gasteiger partial charge on any atom is 0.226 e. The summed E-state index contributed by atoms with van der Waals surface area (Å²) in [4.78, 5) is 10.1. The van der Waals surface area contributed by atoms with Crippen molar-refractivity contribution in [3.05, 3.63) is 185 Å². The van der Waals surface area contributed by atoms with E-state index in [4.69, 9.17) is 19.2 Å². The number of anilines is 3. The fraction of sp³-hybridized carbons (Fsp3) is 0.313. The summed E-state index contributed by atoms with van der Waals surface area (Å²) in [6, 6.07) is 43.9. The van der Waals surface area contributed by atoms with Crippen LogP contribution in [-0.4, -0.2) is 62.6 Å². The van der Waals surface area contributed by atoms with Gasteiger partial charge in [0, 0.05) is 95.7 Å². The van der Waals surface area contributed by atoms with Crippen LogP contribution in [0.2, 0.25) is 0 Å². The lowest BCUT2D eigenvalue weighted by Crippen LogP contribution is -2.56. The number of ether oxygens (including phenoxy) is 3. The first-order valence-corrected chi connectivity index (χ1v) is 27.1. The number of aliphatic imine (C=N–C) groups is 1. The standard InChI is InChI=1S/C67H68N5O3/c1-64(2)58(70(7)54-31-25-42-17-10-12-21-48(42)60(54)64)33-27-44-19-16-20-45(28-34-59-65(3,4)61-49-22-13-11-18-43(49)26-32-55(61)71(59)8)63(44)74-46-35-37-72(38-36-46)56-40-57-62(51-24-15-14-23-50(51)56)68-41-67(75-57)66(5,6)52-39-47(73-9)29-30-53(52)69-67/h10-15,17-18,21-34,39-41,46,69H,16,19-20,35-38H2,1-9H3/q+1. The lowest BCUT2D eigenvalue weighted by molar-refractivity contribution is -0.401. The Morgan fingerprint density at radius 3 is 2.16 bits per heavy atom. The van der Waals surface area contributed by atoms with E-state index >= 15 is 0 Å². The number of allylic oxidation sites excluding steroid dienone is 7. The van der Waals surface area contributed by atoms with Crippen molar-refractivity contribution in [2.75, 3.05) is 49.4 Å². The SMILES string of the molecule is COc1ccc2c(c1)C(C)(C)C1(C=Nc3c(cc(N4CCC(OC5=C(/C=C/C6=[N+](C)c7ccc8ccccc8c7C6(C)C)CCC/C5=C\C=C5\N(C)c6ccc7ccccc7c6C5(C)C)CC4)c4ccccc34)O1)N2. The summed E-state index contributed by atoms with van der Waals surface area (Å²) in [7, 11) is 6.17. The molecule has 1 saturated heterocycles. The van der Waals surface area contributed by atoms with Gasteiger partial charge in [0.15, 0.2) is 11.5 Å². The fourth-order valence-electron chi connectivity index (χ4n) is 13.8. The lowest BCUT2D eigenvalue weighted by atomic mass is 9.77. The average molecular weight is 991 g/mol. The molecule has 0 radical (unpaired) electrons. The van der Waals surface area contributed by atoms with E-state index in [1.165, 1.54) is 77.7 Å². The molecule has 0 amide bonds. The molecule has 1 unspecified atom stereocenters. The van der Waals surface area contributed by atoms with Crippen LogP contribution in [0.5, 0.6) is 11.5 Å². The van der Waals surface area contributed by atoms with Crippen molar-refractivity contribution < 1.29 is 18.8 Å². The van der Waals surface area contributed by atoms with E-state index in [-0.39, 0.29) is 16.9 Å². The number of fused-ring (bicyclic) bond motifs is 10. The number of nitrogens with one attached hydrogen (secondary N) is 1. The Morgan fingerprint density at radius 2 is 1.41 bits per heavy atom. The molecule has 5 heterocycles. The van der Waals surface area contributed by atoms with E-state index in [1.54, 1.807) is 7.11 Å². The van der Waals surface area contributed by atoms with E-state index in [2.05, 4.69) is 215 Å². The van der Waals surface area contributed by atoms with Crippen molar-refractivity contribution in [3.8, 4) is 11.5 Å². The molecule has 1 atom stereocenters. The van der Waals surface area contributed by atoms with Gasteiger partial charge in [0.2, 0.25) is 11.4 Å². The summed E-state index contributed by atoms with van der Waals surface area (Å²) >= 11 is 0. The molecule has 5 aliphatic heterocycles. The second kappa shape index (κ2) is 17.2. The summed E-state index contributed by atoms with van der Waals surface area (Å²) in [5.74, 6) is 2.67. The van der Waals surface area contributed by atoms with Gasteiger partial charge in [0.25, 0.3) is 0 Å². The fourth-order valence-corrected chi connectivity index (χ4v) is 13.8. The van der Waals surface area contributed by atoms with Crippen molar-refractivity contribution in [1.82, 2.24) is 0 Å². The summed E-state index contributed by atoms with van der Waals surface area (Å²) < 4.78 is 22.7. The molecule has 7 aromatic rings. The quantitative estimate of drug-likeness (QED) is 0.161. The molecule has 378 valence electrons. The number of hydrogen-bond acceptors (Lipinski definition) is 7. The smallest absolute Gasteiger partial charge is 0.226 e. The van der Waals surface area contributed by atoms with Gasteiger partial charge in [-0.2, -0.15) is 4.58 Å². The van der Waals surface area contributed by atoms with Gasteiger partial charge in [0.1, 0.15) is 30.3 Å². The van der Waals surface area contributed by atoms with Crippen LogP contribution >= 0.6 is 0 Å². The maximum atomic E-state index is 7.49. The van der Waals surface area contributed by atoms with Crippen molar-refractivity contribution in [1.29, 1.82) is 0 Å². The zero-order chi connectivity index (χ0) is 51.6. The van der Waals surface area contributed by atoms with Crippen molar-refractivity contribution in [2.45, 2.75) is 102 Å². The number of benzene rings is 7. The van der Waals surface area contributed by atoms with Gasteiger partial charge >= 0.3 is 0 Å². The van der Waals surface area contributed by atoms with E-state index in [0.29, 0.717) is 0 Å². The van der Waals surface area contributed by atoms with Crippen molar-refractivity contribution in [3.63, 3.8) is 0 Å². The minimum Gasteiger partial charge on any atom is -0.497 e. The first-order chi connectivity index (χ1) is 36.2. The molecule has 6 aliphatic rings. The second-order valence-corrected chi connectivity index (χ2v) is 23.2. The number of piperidine rings is 1. The highest BCUT2D eigenvalue weighted by atomic mass is 16.5. The van der Waals surface area contributed by atoms with Crippen LogP contribution < -0.4 is 24.6 Å². The maximum absolute atomic E-state index is 7.49. The lowest BCUT2D eigenvalue weighted by Gasteiger charge is -2.41. The van der Waals surface area contributed by atoms with Crippen LogP contribution in [0, 0.1) is 0 Å². The Balaban J connectivity index is 0.830. The molecule has 1 fully saturated rings. The van der Waals surface area contributed by atoms with Gasteiger partial charge in [-0.15, -0.1) is 0 Å². The topological polar surface area (TPSA) is 61.6 Å². The van der Waals surface area contributed by atoms with Crippen LogP contribution in [0.1, 0.15) is 90.3 Å². The van der Waals surface area contributed by atoms with Gasteiger partial charge in [-0.05, 0) is 133 Å². The van der Waals surface area contributed by atoms with Gasteiger partial charge < -0.3 is 29.3 Å². The van der Waals surface area contributed by atoms with Crippen LogP contribution in [0.4, 0.5) is 28.4 Å². The average Bonchev–Trinajstić information content (AvgIpc) is 3.94. The molecule has 0 aromatic heterocycles. The third kappa shape index (κ3) is 7.22. The Labute approximate surface area is 442 Å². The normalized spacial score (nSPS) is 22.4. The molecular weight excluding hydrogens is 923 g/mol.